The molecule has 6 nitrogen and oxygen atoms in total. The monoisotopic (exact) mass is 242 g/mol. The number of likely N-dealkylation sites (N-methyl/N-ethyl adjacent to an activating group) is 1. The largest absolute Gasteiger partial charge is 0.478 e. The Hall–Kier alpha value is -1.85. The van der Waals surface area contributed by atoms with E-state index in [1.807, 2.05) is 13.8 Å². The van der Waals surface area contributed by atoms with E-state index in [4.69, 9.17) is 5.11 Å². The molecular formula is C11H18N2O4. The van der Waals surface area contributed by atoms with Crippen molar-refractivity contribution in [3.05, 3.63) is 12.2 Å². The second kappa shape index (κ2) is 7.43. The lowest BCUT2D eigenvalue weighted by atomic mass is 10.3. The number of nitrogens with one attached hydrogen (secondary N) is 1. The van der Waals surface area contributed by atoms with Gasteiger partial charge in [0.05, 0.1) is 6.54 Å². The summed E-state index contributed by atoms with van der Waals surface area (Å²) in [5.41, 5.74) is 0. The highest BCUT2D eigenvalue weighted by molar-refractivity contribution is 5.95. The smallest absolute Gasteiger partial charge is 0.328 e. The fourth-order valence-corrected chi connectivity index (χ4v) is 1.13. The van der Waals surface area contributed by atoms with Gasteiger partial charge in [-0.2, -0.15) is 0 Å². The molecule has 0 aromatic carbocycles. The van der Waals surface area contributed by atoms with Crippen LogP contribution in [0.4, 0.5) is 0 Å². The summed E-state index contributed by atoms with van der Waals surface area (Å²) < 4.78 is 0. The Bertz CT molecular complexity index is 323. The topological polar surface area (TPSA) is 86.7 Å². The second-order valence-corrected chi connectivity index (χ2v) is 3.75. The summed E-state index contributed by atoms with van der Waals surface area (Å²) in [7, 11) is 0. The van der Waals surface area contributed by atoms with Crippen molar-refractivity contribution in [1.29, 1.82) is 0 Å². The van der Waals surface area contributed by atoms with E-state index in [0.717, 1.165) is 12.2 Å². The van der Waals surface area contributed by atoms with Crippen LogP contribution in [0, 0.1) is 0 Å². The molecule has 0 bridgehead atoms. The van der Waals surface area contributed by atoms with Crippen LogP contribution >= 0.6 is 0 Å². The van der Waals surface area contributed by atoms with Crippen LogP contribution in [-0.2, 0) is 14.4 Å². The van der Waals surface area contributed by atoms with Crippen LogP contribution in [0.2, 0.25) is 0 Å². The number of carbonyl (C=O) groups excluding carboxylic acids is 2. The first-order chi connectivity index (χ1) is 7.86. The van der Waals surface area contributed by atoms with Crippen LogP contribution in [-0.4, -0.2) is 46.9 Å². The highest BCUT2D eigenvalue weighted by atomic mass is 16.4. The predicted molar refractivity (Wildman–Crippen MR) is 62.3 cm³/mol. The molecule has 0 atom stereocenters. The van der Waals surface area contributed by atoms with E-state index in [0.29, 0.717) is 6.54 Å². The van der Waals surface area contributed by atoms with Crippen molar-refractivity contribution in [3.8, 4) is 0 Å². The van der Waals surface area contributed by atoms with Crippen molar-refractivity contribution in [1.82, 2.24) is 10.2 Å². The molecule has 0 aliphatic carbocycles. The lowest BCUT2D eigenvalue weighted by molar-refractivity contribution is -0.133. The van der Waals surface area contributed by atoms with E-state index >= 15 is 0 Å². The molecule has 2 amide bonds. The second-order valence-electron chi connectivity index (χ2n) is 3.75. The van der Waals surface area contributed by atoms with Gasteiger partial charge in [-0.25, -0.2) is 4.79 Å². The van der Waals surface area contributed by atoms with Crippen molar-refractivity contribution in [3.63, 3.8) is 0 Å². The number of nitrogens with zero attached hydrogens (tertiary/aromatic N) is 1. The summed E-state index contributed by atoms with van der Waals surface area (Å²) in [6.07, 6.45) is 1.69. The molecule has 0 aliphatic heterocycles. The highest BCUT2D eigenvalue weighted by Gasteiger charge is 2.13. The number of hydrogen-bond acceptors (Lipinski definition) is 3. The molecule has 0 heterocycles. The number of hydrogen-bond donors (Lipinski definition) is 2. The first-order valence-electron chi connectivity index (χ1n) is 5.36. The fourth-order valence-electron chi connectivity index (χ4n) is 1.13. The van der Waals surface area contributed by atoms with E-state index in [-0.39, 0.29) is 18.5 Å². The molecule has 6 heteroatoms. The third-order valence-corrected chi connectivity index (χ3v) is 1.85. The van der Waals surface area contributed by atoms with Gasteiger partial charge in [0.25, 0.3) is 0 Å². The zero-order valence-corrected chi connectivity index (χ0v) is 10.3. The van der Waals surface area contributed by atoms with Crippen molar-refractivity contribution >= 4 is 17.8 Å². The van der Waals surface area contributed by atoms with Crippen LogP contribution in [0.1, 0.15) is 20.8 Å². The Morgan fingerprint density at radius 2 is 1.88 bits per heavy atom. The van der Waals surface area contributed by atoms with Crippen molar-refractivity contribution in [2.45, 2.75) is 26.8 Å². The summed E-state index contributed by atoms with van der Waals surface area (Å²) in [5.74, 6) is -1.95. The minimum Gasteiger partial charge on any atom is -0.478 e. The number of rotatable bonds is 6. The van der Waals surface area contributed by atoms with E-state index in [9.17, 15) is 14.4 Å². The average molecular weight is 242 g/mol. The minimum absolute atomic E-state index is 0.00544. The van der Waals surface area contributed by atoms with Crippen LogP contribution in [0.25, 0.3) is 0 Å². The lowest BCUT2D eigenvalue weighted by Crippen LogP contribution is -2.42. The zero-order chi connectivity index (χ0) is 13.4. The molecule has 0 fully saturated rings. The summed E-state index contributed by atoms with van der Waals surface area (Å²) >= 11 is 0. The number of carboxylic acids is 1. The molecule has 0 radical (unpaired) electrons. The van der Waals surface area contributed by atoms with Crippen molar-refractivity contribution in [2.24, 2.45) is 0 Å². The third kappa shape index (κ3) is 7.10. The molecule has 0 spiro atoms. The van der Waals surface area contributed by atoms with Crippen molar-refractivity contribution in [2.75, 3.05) is 13.1 Å². The molecule has 96 valence electrons. The van der Waals surface area contributed by atoms with E-state index in [2.05, 4.69) is 5.32 Å². The minimum atomic E-state index is -1.19. The number of aliphatic carboxylic acids is 1. The van der Waals surface area contributed by atoms with Gasteiger partial charge < -0.3 is 15.3 Å². The summed E-state index contributed by atoms with van der Waals surface area (Å²) in [4.78, 5) is 34.4. The van der Waals surface area contributed by atoms with Gasteiger partial charge in [0, 0.05) is 24.7 Å². The Balaban J connectivity index is 4.37. The molecule has 0 aromatic rings. The Morgan fingerprint density at radius 3 is 2.29 bits per heavy atom. The van der Waals surface area contributed by atoms with E-state index in [1.54, 1.807) is 6.92 Å². The normalized spacial score (nSPS) is 10.6. The van der Waals surface area contributed by atoms with Crippen LogP contribution < -0.4 is 5.32 Å². The maximum Gasteiger partial charge on any atom is 0.328 e. The van der Waals surface area contributed by atoms with Crippen LogP contribution in [0.5, 0.6) is 0 Å². The standard InChI is InChI=1S/C11H18N2O4/c1-4-13(7-9(14)12-8(2)3)10(15)5-6-11(16)17/h5-6,8H,4,7H2,1-3H3,(H,12,14)(H,16,17)/b6-5+. The van der Waals surface area contributed by atoms with Gasteiger partial charge >= 0.3 is 5.97 Å². The van der Waals surface area contributed by atoms with Gasteiger partial charge in [0.2, 0.25) is 11.8 Å². The lowest BCUT2D eigenvalue weighted by Gasteiger charge is -2.19. The quantitative estimate of drug-likeness (QED) is 0.642. The molecule has 0 saturated carbocycles. The summed E-state index contributed by atoms with van der Waals surface area (Å²) in [6.45, 7) is 5.63. The first-order valence-corrected chi connectivity index (χ1v) is 5.36. The van der Waals surface area contributed by atoms with Gasteiger partial charge in [-0.05, 0) is 20.8 Å². The van der Waals surface area contributed by atoms with Gasteiger partial charge in [-0.15, -0.1) is 0 Å². The Labute approximate surface area is 100 Å². The van der Waals surface area contributed by atoms with Crippen molar-refractivity contribution < 1.29 is 19.5 Å². The SMILES string of the molecule is CCN(CC(=O)NC(C)C)C(=O)/C=C/C(=O)O. The molecule has 0 rings (SSSR count). The van der Waals surface area contributed by atoms with Crippen LogP contribution in [0.3, 0.4) is 0 Å². The number of carbonyl (C=O) groups is 3. The highest BCUT2D eigenvalue weighted by Crippen LogP contribution is 1.92. The van der Waals surface area contributed by atoms with Gasteiger partial charge in [0.1, 0.15) is 0 Å². The Morgan fingerprint density at radius 1 is 1.29 bits per heavy atom. The predicted octanol–water partition coefficient (Wildman–Crippen LogP) is 0.000300. The van der Waals surface area contributed by atoms with E-state index in [1.165, 1.54) is 4.90 Å². The average Bonchev–Trinajstić information content (AvgIpc) is 2.21. The molecule has 0 unspecified atom stereocenters. The maximum atomic E-state index is 11.5. The third-order valence-electron chi connectivity index (χ3n) is 1.85. The molecule has 2 N–H and O–H groups in total. The van der Waals surface area contributed by atoms with Gasteiger partial charge in [0.15, 0.2) is 0 Å². The number of carboxylic acid groups (broad SMARTS) is 1. The molecule has 17 heavy (non-hydrogen) atoms. The molecular weight excluding hydrogens is 224 g/mol. The zero-order valence-electron chi connectivity index (χ0n) is 10.3. The van der Waals surface area contributed by atoms with Gasteiger partial charge in [-0.1, -0.05) is 0 Å². The van der Waals surface area contributed by atoms with Gasteiger partial charge in [-0.3, -0.25) is 9.59 Å². The summed E-state index contributed by atoms with van der Waals surface area (Å²) in [6, 6.07) is 0.00544. The van der Waals surface area contributed by atoms with E-state index < -0.39 is 11.9 Å². The van der Waals surface area contributed by atoms with Crippen LogP contribution in [0.15, 0.2) is 12.2 Å². The molecule has 0 aliphatic rings. The molecule has 0 aromatic heterocycles. The maximum absolute atomic E-state index is 11.5. The fraction of sp³-hybridized carbons (Fsp3) is 0.545. The summed E-state index contributed by atoms with van der Waals surface area (Å²) in [5, 5.41) is 11.0. The number of amides is 2. The first kappa shape index (κ1) is 15.2. The Kier molecular flexibility index (Phi) is 6.62. The molecule has 0 saturated heterocycles.